The molecule has 1 aliphatic carbocycles. The third kappa shape index (κ3) is 4.76. The summed E-state index contributed by atoms with van der Waals surface area (Å²) < 4.78 is 11.1. The summed E-state index contributed by atoms with van der Waals surface area (Å²) in [7, 11) is 3.33. The highest BCUT2D eigenvalue weighted by molar-refractivity contribution is 5.96. The number of anilines is 2. The van der Waals surface area contributed by atoms with E-state index in [1.54, 1.807) is 14.2 Å². The third-order valence-corrected chi connectivity index (χ3v) is 7.09. The largest absolute Gasteiger partial charge is 0.493 e. The minimum absolute atomic E-state index is 0.321. The Morgan fingerprint density at radius 1 is 0.941 bits per heavy atom. The van der Waals surface area contributed by atoms with Crippen molar-refractivity contribution >= 4 is 22.3 Å². The lowest BCUT2D eigenvalue weighted by Crippen LogP contribution is -2.43. The van der Waals surface area contributed by atoms with Crippen molar-refractivity contribution in [1.29, 1.82) is 0 Å². The summed E-state index contributed by atoms with van der Waals surface area (Å²) in [6.45, 7) is 4.13. The molecule has 7 heteroatoms. The lowest BCUT2D eigenvalue weighted by Gasteiger charge is -2.29. The van der Waals surface area contributed by atoms with E-state index in [1.807, 2.05) is 12.1 Å². The van der Waals surface area contributed by atoms with Crippen LogP contribution in [-0.2, 0) is 0 Å². The molecule has 1 saturated heterocycles. The van der Waals surface area contributed by atoms with Crippen LogP contribution in [0.5, 0.6) is 11.5 Å². The van der Waals surface area contributed by atoms with Gasteiger partial charge in [0.2, 0.25) is 0 Å². The Morgan fingerprint density at radius 3 is 2.29 bits per heavy atom. The van der Waals surface area contributed by atoms with Crippen molar-refractivity contribution in [2.24, 2.45) is 5.73 Å². The van der Waals surface area contributed by atoms with Gasteiger partial charge in [0.1, 0.15) is 0 Å². The van der Waals surface area contributed by atoms with E-state index in [0.717, 1.165) is 79.7 Å². The summed E-state index contributed by atoms with van der Waals surface area (Å²) in [6, 6.07) is 15.6. The molecule has 7 nitrogen and oxygen atoms in total. The molecule has 0 atom stereocenters. The number of piperazine rings is 1. The first-order chi connectivity index (χ1) is 16.6. The number of nitrogens with one attached hydrogen (secondary N) is 2. The second-order valence-electron chi connectivity index (χ2n) is 9.32. The fourth-order valence-corrected chi connectivity index (χ4v) is 5.07. The average molecular weight is 462 g/mol. The van der Waals surface area contributed by atoms with Crippen LogP contribution >= 0.6 is 0 Å². The molecule has 1 aliphatic heterocycles. The molecule has 180 valence electrons. The second kappa shape index (κ2) is 10.1. The van der Waals surface area contributed by atoms with Gasteiger partial charge in [0.05, 0.1) is 25.4 Å². The maximum atomic E-state index is 6.14. The zero-order valence-electron chi connectivity index (χ0n) is 20.1. The third-order valence-electron chi connectivity index (χ3n) is 7.09. The van der Waals surface area contributed by atoms with Gasteiger partial charge < -0.3 is 30.7 Å². The number of fused-ring (bicyclic) bond motifs is 1. The first-order valence-electron chi connectivity index (χ1n) is 12.3. The van der Waals surface area contributed by atoms with Crippen LogP contribution in [0.15, 0.2) is 42.5 Å². The maximum absolute atomic E-state index is 6.14. The van der Waals surface area contributed by atoms with Gasteiger partial charge >= 0.3 is 0 Å². The molecule has 2 aromatic carbocycles. The number of hydrogen-bond donors (Lipinski definition) is 3. The molecule has 0 radical (unpaired) electrons. The monoisotopic (exact) mass is 461 g/mol. The molecule has 2 heterocycles. The van der Waals surface area contributed by atoms with Gasteiger partial charge in [-0.25, -0.2) is 4.98 Å². The van der Waals surface area contributed by atoms with Gasteiger partial charge in [0.25, 0.3) is 0 Å². The van der Waals surface area contributed by atoms with Crippen LogP contribution in [0, 0.1) is 0 Å². The van der Waals surface area contributed by atoms with Crippen molar-refractivity contribution in [3.8, 4) is 22.8 Å². The summed E-state index contributed by atoms with van der Waals surface area (Å²) in [6.07, 6.45) is 4.26. The Morgan fingerprint density at radius 2 is 1.62 bits per heavy atom. The van der Waals surface area contributed by atoms with Gasteiger partial charge in [-0.15, -0.1) is 0 Å². The number of benzene rings is 2. The molecule has 2 aliphatic rings. The maximum Gasteiger partial charge on any atom is 0.162 e. The molecule has 0 bridgehead atoms. The number of ether oxygens (including phenoxy) is 2. The van der Waals surface area contributed by atoms with E-state index in [1.165, 1.54) is 5.69 Å². The van der Waals surface area contributed by atoms with Gasteiger partial charge in [-0.1, -0.05) is 12.1 Å². The van der Waals surface area contributed by atoms with Crippen molar-refractivity contribution in [3.63, 3.8) is 0 Å². The Kier molecular flexibility index (Phi) is 6.74. The summed E-state index contributed by atoms with van der Waals surface area (Å²) >= 11 is 0. The highest BCUT2D eigenvalue weighted by Gasteiger charge is 2.21. The van der Waals surface area contributed by atoms with E-state index in [2.05, 4.69) is 45.9 Å². The predicted octanol–water partition coefficient (Wildman–Crippen LogP) is 4.01. The molecule has 1 saturated carbocycles. The van der Waals surface area contributed by atoms with Gasteiger partial charge in [0.15, 0.2) is 11.5 Å². The van der Waals surface area contributed by atoms with E-state index < -0.39 is 0 Å². The zero-order valence-corrected chi connectivity index (χ0v) is 20.1. The van der Waals surface area contributed by atoms with Crippen LogP contribution in [0.2, 0.25) is 0 Å². The fraction of sp³-hybridized carbons (Fsp3) is 0.444. The van der Waals surface area contributed by atoms with Crippen LogP contribution < -0.4 is 30.7 Å². The summed E-state index contributed by atoms with van der Waals surface area (Å²) in [5.74, 6) is 1.39. The van der Waals surface area contributed by atoms with Crippen molar-refractivity contribution < 1.29 is 9.47 Å². The molecule has 34 heavy (non-hydrogen) atoms. The Bertz CT molecular complexity index is 1120. The van der Waals surface area contributed by atoms with Crippen molar-refractivity contribution in [3.05, 3.63) is 42.5 Å². The lowest BCUT2D eigenvalue weighted by atomic mass is 9.91. The number of rotatable bonds is 6. The average Bonchev–Trinajstić information content (AvgIpc) is 2.89. The Balaban J connectivity index is 1.52. The minimum atomic E-state index is 0.321. The number of aromatic nitrogens is 1. The van der Waals surface area contributed by atoms with E-state index in [0.29, 0.717) is 23.6 Å². The first kappa shape index (κ1) is 22.7. The smallest absolute Gasteiger partial charge is 0.162 e. The quantitative estimate of drug-likeness (QED) is 0.511. The molecular formula is C27H35N5O2. The predicted molar refractivity (Wildman–Crippen MR) is 139 cm³/mol. The van der Waals surface area contributed by atoms with Crippen LogP contribution in [0.4, 0.5) is 11.4 Å². The number of nitrogens with two attached hydrogens (primary N) is 1. The van der Waals surface area contributed by atoms with Crippen LogP contribution in [-0.4, -0.2) is 57.5 Å². The molecule has 0 spiro atoms. The van der Waals surface area contributed by atoms with Gasteiger partial charge in [0, 0.05) is 66.7 Å². The van der Waals surface area contributed by atoms with E-state index in [4.69, 9.17) is 20.2 Å². The second-order valence-corrected chi connectivity index (χ2v) is 9.32. The van der Waals surface area contributed by atoms with Gasteiger partial charge in [-0.05, 0) is 49.9 Å². The Hall–Kier alpha value is -3.03. The summed E-state index contributed by atoms with van der Waals surface area (Å²) in [5.41, 5.74) is 11.4. The lowest BCUT2D eigenvalue weighted by molar-refractivity contribution is 0.356. The number of methoxy groups -OCH3 is 2. The number of pyridine rings is 1. The molecule has 0 amide bonds. The molecule has 1 aromatic heterocycles. The highest BCUT2D eigenvalue weighted by atomic mass is 16.5. The summed E-state index contributed by atoms with van der Waals surface area (Å²) in [5, 5.41) is 8.25. The molecule has 0 unspecified atom stereocenters. The van der Waals surface area contributed by atoms with Gasteiger partial charge in [-0.3, -0.25) is 0 Å². The van der Waals surface area contributed by atoms with E-state index >= 15 is 0 Å². The fourth-order valence-electron chi connectivity index (χ4n) is 5.07. The van der Waals surface area contributed by atoms with Crippen molar-refractivity contribution in [2.75, 3.05) is 50.6 Å². The van der Waals surface area contributed by atoms with Gasteiger partial charge in [-0.2, -0.15) is 0 Å². The van der Waals surface area contributed by atoms with E-state index in [-0.39, 0.29) is 0 Å². The normalized spacial score (nSPS) is 20.9. The number of hydrogen-bond acceptors (Lipinski definition) is 7. The zero-order chi connectivity index (χ0) is 23.5. The molecule has 3 aromatic rings. The molecule has 5 rings (SSSR count). The topological polar surface area (TPSA) is 84.7 Å². The molecule has 2 fully saturated rings. The minimum Gasteiger partial charge on any atom is -0.493 e. The van der Waals surface area contributed by atoms with E-state index in [9.17, 15) is 0 Å². The molecule has 4 N–H and O–H groups in total. The summed E-state index contributed by atoms with van der Waals surface area (Å²) in [4.78, 5) is 7.44. The van der Waals surface area contributed by atoms with Crippen molar-refractivity contribution in [1.82, 2.24) is 10.3 Å². The van der Waals surface area contributed by atoms with Crippen LogP contribution in [0.1, 0.15) is 25.7 Å². The highest BCUT2D eigenvalue weighted by Crippen LogP contribution is 2.38. The molecular weight excluding hydrogens is 426 g/mol. The first-order valence-corrected chi connectivity index (χ1v) is 12.3. The SMILES string of the molecule is COc1cc2nc(-c3ccc(N4CCNCC4)cc3)cc(NC3CCC(N)CC3)c2cc1OC. The van der Waals surface area contributed by atoms with Crippen molar-refractivity contribution in [2.45, 2.75) is 37.8 Å². The number of nitrogens with zero attached hydrogens (tertiary/aromatic N) is 2. The Labute approximate surface area is 201 Å². The van der Waals surface area contributed by atoms with Crippen LogP contribution in [0.25, 0.3) is 22.2 Å². The van der Waals surface area contributed by atoms with Crippen LogP contribution in [0.3, 0.4) is 0 Å². The standard InChI is InChI=1S/C27H35N5O2/c1-33-26-15-22-24(30-20-7-5-19(28)6-8-20)16-23(31-25(22)17-27(26)34-2)18-3-9-21(10-4-18)32-13-11-29-12-14-32/h3-4,9-10,15-17,19-20,29H,5-8,11-14,28H2,1-2H3,(H,30,31).